The number of nitrogen functional groups attached to an aromatic ring is 1. The molecule has 0 saturated heterocycles. The van der Waals surface area contributed by atoms with E-state index in [1.54, 1.807) is 18.2 Å². The molecule has 1 amide bonds. The maximum absolute atomic E-state index is 12.3. The Kier molecular flexibility index (Phi) is 6.38. The lowest BCUT2D eigenvalue weighted by Crippen LogP contribution is -2.30. The molecule has 2 aromatic rings. The molecule has 0 aliphatic rings. The molecule has 28 heavy (non-hydrogen) atoms. The summed E-state index contributed by atoms with van der Waals surface area (Å²) in [7, 11) is 2.94. The van der Waals surface area contributed by atoms with E-state index in [0.717, 1.165) is 6.07 Å². The van der Waals surface area contributed by atoms with Crippen molar-refractivity contribution in [2.45, 2.75) is 13.0 Å². The first-order valence-electron chi connectivity index (χ1n) is 8.04. The molecule has 2 rings (SSSR count). The zero-order valence-electron chi connectivity index (χ0n) is 15.4. The van der Waals surface area contributed by atoms with Crippen LogP contribution in [0.15, 0.2) is 36.4 Å². The van der Waals surface area contributed by atoms with Gasteiger partial charge in [-0.05, 0) is 25.1 Å². The van der Waals surface area contributed by atoms with Crippen LogP contribution in [0, 0.1) is 10.1 Å². The molecule has 0 heterocycles. The number of rotatable bonds is 7. The van der Waals surface area contributed by atoms with Crippen LogP contribution >= 0.6 is 0 Å². The summed E-state index contributed by atoms with van der Waals surface area (Å²) in [5, 5.41) is 13.4. The Morgan fingerprint density at radius 3 is 2.39 bits per heavy atom. The lowest BCUT2D eigenvalue weighted by Gasteiger charge is -2.15. The first-order chi connectivity index (χ1) is 13.3. The van der Waals surface area contributed by atoms with Crippen molar-refractivity contribution in [1.82, 2.24) is 0 Å². The third kappa shape index (κ3) is 4.67. The van der Waals surface area contributed by atoms with Crippen LogP contribution in [0.1, 0.15) is 17.3 Å². The summed E-state index contributed by atoms with van der Waals surface area (Å²) in [6, 6.07) is 8.13. The molecule has 2 aromatic carbocycles. The van der Waals surface area contributed by atoms with E-state index in [1.165, 1.54) is 33.3 Å². The fraction of sp³-hybridized carbons (Fsp3) is 0.222. The second-order valence-electron chi connectivity index (χ2n) is 5.64. The minimum Gasteiger partial charge on any atom is -0.493 e. The molecule has 1 atom stereocenters. The van der Waals surface area contributed by atoms with Gasteiger partial charge in [0.15, 0.2) is 17.6 Å². The van der Waals surface area contributed by atoms with E-state index in [2.05, 4.69) is 5.32 Å². The number of nitrogens with one attached hydrogen (secondary N) is 1. The number of amides is 1. The third-order valence-electron chi connectivity index (χ3n) is 3.77. The summed E-state index contributed by atoms with van der Waals surface area (Å²) < 4.78 is 15.3. The minimum absolute atomic E-state index is 0.00287. The molecule has 0 saturated carbocycles. The summed E-state index contributed by atoms with van der Waals surface area (Å²) in [4.78, 5) is 34.7. The van der Waals surface area contributed by atoms with Gasteiger partial charge in [-0.2, -0.15) is 0 Å². The number of nitrogens with two attached hydrogens (primary N) is 1. The SMILES string of the molecule is COc1ccc(NC(=O)[C@@H](C)OC(=O)c2cc([N+](=O)[O-])ccc2N)cc1OC. The van der Waals surface area contributed by atoms with Crippen molar-refractivity contribution in [2.24, 2.45) is 0 Å². The highest BCUT2D eigenvalue weighted by Gasteiger charge is 2.22. The molecular formula is C18H19N3O7. The molecule has 0 aliphatic carbocycles. The van der Waals surface area contributed by atoms with Crippen LogP contribution in [0.2, 0.25) is 0 Å². The second kappa shape index (κ2) is 8.71. The monoisotopic (exact) mass is 389 g/mol. The summed E-state index contributed by atoms with van der Waals surface area (Å²) in [5.41, 5.74) is 5.57. The average molecular weight is 389 g/mol. The van der Waals surface area contributed by atoms with Gasteiger partial charge in [0.2, 0.25) is 0 Å². The maximum Gasteiger partial charge on any atom is 0.341 e. The number of carbonyl (C=O) groups is 2. The standard InChI is InChI=1S/C18H19N3O7/c1-10(17(22)20-11-4-7-15(26-2)16(8-11)27-3)28-18(23)13-9-12(21(24)25)5-6-14(13)19/h4-10H,19H2,1-3H3,(H,20,22)/t10-/m1/s1. The van der Waals surface area contributed by atoms with Crippen LogP contribution in [0.25, 0.3) is 0 Å². The van der Waals surface area contributed by atoms with E-state index in [0.29, 0.717) is 17.2 Å². The highest BCUT2D eigenvalue weighted by atomic mass is 16.6. The topological polar surface area (TPSA) is 143 Å². The zero-order chi connectivity index (χ0) is 20.8. The number of methoxy groups -OCH3 is 2. The lowest BCUT2D eigenvalue weighted by molar-refractivity contribution is -0.384. The van der Waals surface area contributed by atoms with Crippen molar-refractivity contribution >= 4 is 28.9 Å². The van der Waals surface area contributed by atoms with Crippen molar-refractivity contribution in [3.8, 4) is 11.5 Å². The van der Waals surface area contributed by atoms with Gasteiger partial charge in [-0.1, -0.05) is 0 Å². The van der Waals surface area contributed by atoms with Gasteiger partial charge in [-0.15, -0.1) is 0 Å². The van der Waals surface area contributed by atoms with Crippen LogP contribution < -0.4 is 20.5 Å². The van der Waals surface area contributed by atoms with E-state index in [4.69, 9.17) is 19.9 Å². The first-order valence-corrected chi connectivity index (χ1v) is 8.04. The molecule has 10 nitrogen and oxygen atoms in total. The summed E-state index contributed by atoms with van der Waals surface area (Å²) in [6.45, 7) is 1.36. The van der Waals surface area contributed by atoms with E-state index in [1.807, 2.05) is 0 Å². The number of ether oxygens (including phenoxy) is 3. The Morgan fingerprint density at radius 2 is 1.79 bits per heavy atom. The highest BCUT2D eigenvalue weighted by Crippen LogP contribution is 2.30. The van der Waals surface area contributed by atoms with Crippen molar-refractivity contribution in [1.29, 1.82) is 0 Å². The largest absolute Gasteiger partial charge is 0.493 e. The predicted octanol–water partition coefficient (Wildman–Crippen LogP) is 2.38. The Morgan fingerprint density at radius 1 is 1.11 bits per heavy atom. The van der Waals surface area contributed by atoms with Gasteiger partial charge in [-0.3, -0.25) is 14.9 Å². The van der Waals surface area contributed by atoms with Gasteiger partial charge >= 0.3 is 5.97 Å². The fourth-order valence-corrected chi connectivity index (χ4v) is 2.27. The van der Waals surface area contributed by atoms with Crippen molar-refractivity contribution in [3.05, 3.63) is 52.1 Å². The molecular weight excluding hydrogens is 370 g/mol. The van der Waals surface area contributed by atoms with Gasteiger partial charge in [0.25, 0.3) is 11.6 Å². The fourth-order valence-electron chi connectivity index (χ4n) is 2.27. The molecule has 10 heteroatoms. The molecule has 0 bridgehead atoms. The van der Waals surface area contributed by atoms with Crippen molar-refractivity contribution < 1.29 is 28.7 Å². The number of anilines is 2. The summed E-state index contributed by atoms with van der Waals surface area (Å²) in [6.07, 6.45) is -1.18. The second-order valence-corrected chi connectivity index (χ2v) is 5.64. The normalized spacial score (nSPS) is 11.2. The Hall–Kier alpha value is -3.82. The smallest absolute Gasteiger partial charge is 0.341 e. The van der Waals surface area contributed by atoms with Crippen LogP contribution in [-0.4, -0.2) is 37.1 Å². The molecule has 148 valence electrons. The Labute approximate surface area is 160 Å². The molecule has 0 unspecified atom stereocenters. The molecule has 0 spiro atoms. The minimum atomic E-state index is -1.18. The lowest BCUT2D eigenvalue weighted by atomic mass is 10.1. The number of nitro benzene ring substituents is 1. The van der Waals surface area contributed by atoms with Crippen molar-refractivity contribution in [3.63, 3.8) is 0 Å². The van der Waals surface area contributed by atoms with E-state index < -0.39 is 22.9 Å². The van der Waals surface area contributed by atoms with Gasteiger partial charge in [0.1, 0.15) is 0 Å². The zero-order valence-corrected chi connectivity index (χ0v) is 15.4. The Balaban J connectivity index is 2.09. The van der Waals surface area contributed by atoms with Crippen LogP contribution in [0.4, 0.5) is 17.1 Å². The number of nitro groups is 1. The van der Waals surface area contributed by atoms with Crippen molar-refractivity contribution in [2.75, 3.05) is 25.3 Å². The quantitative estimate of drug-likeness (QED) is 0.318. The molecule has 3 N–H and O–H groups in total. The van der Waals surface area contributed by atoms with Crippen LogP contribution in [-0.2, 0) is 9.53 Å². The van der Waals surface area contributed by atoms with Crippen LogP contribution in [0.3, 0.4) is 0 Å². The van der Waals surface area contributed by atoms with E-state index in [-0.39, 0.29) is 16.9 Å². The third-order valence-corrected chi connectivity index (χ3v) is 3.77. The number of nitrogens with zero attached hydrogens (tertiary/aromatic N) is 1. The maximum atomic E-state index is 12.3. The summed E-state index contributed by atoms with van der Waals surface area (Å²) >= 11 is 0. The van der Waals surface area contributed by atoms with E-state index >= 15 is 0 Å². The van der Waals surface area contributed by atoms with Gasteiger partial charge in [0.05, 0.1) is 24.7 Å². The van der Waals surface area contributed by atoms with Crippen LogP contribution in [0.5, 0.6) is 11.5 Å². The van der Waals surface area contributed by atoms with Gasteiger partial charge in [0, 0.05) is 29.6 Å². The number of non-ortho nitro benzene ring substituents is 1. The average Bonchev–Trinajstić information content (AvgIpc) is 2.67. The predicted molar refractivity (Wildman–Crippen MR) is 101 cm³/mol. The van der Waals surface area contributed by atoms with Gasteiger partial charge < -0.3 is 25.3 Å². The molecule has 0 fully saturated rings. The number of benzene rings is 2. The molecule has 0 radical (unpaired) electrons. The van der Waals surface area contributed by atoms with Gasteiger partial charge in [-0.25, -0.2) is 4.79 Å². The number of hydrogen-bond donors (Lipinski definition) is 2. The Bertz CT molecular complexity index is 914. The summed E-state index contributed by atoms with van der Waals surface area (Å²) in [5.74, 6) is -0.656. The number of esters is 1. The number of carbonyl (C=O) groups excluding carboxylic acids is 2. The molecule has 0 aliphatic heterocycles. The molecule has 0 aromatic heterocycles. The first kappa shape index (κ1) is 20.5. The highest BCUT2D eigenvalue weighted by molar-refractivity contribution is 6.00. The number of hydrogen-bond acceptors (Lipinski definition) is 8. The van der Waals surface area contributed by atoms with E-state index in [9.17, 15) is 19.7 Å².